The highest BCUT2D eigenvalue weighted by molar-refractivity contribution is 5.42. The third-order valence-electron chi connectivity index (χ3n) is 2.66. The van der Waals surface area contributed by atoms with E-state index in [1.165, 1.54) is 12.1 Å². The molecule has 0 radical (unpaired) electrons. The third kappa shape index (κ3) is 3.31. The maximum atomic E-state index is 10.5. The Bertz CT molecular complexity index is 509. The number of para-hydroxylation sites is 1. The largest absolute Gasteiger partial charge is 0.385 e. The lowest BCUT2D eigenvalue weighted by molar-refractivity contribution is -0.384. The van der Waals surface area contributed by atoms with Crippen LogP contribution in [0, 0.1) is 10.1 Å². The van der Waals surface area contributed by atoms with E-state index in [1.807, 2.05) is 30.3 Å². The number of anilines is 1. The minimum atomic E-state index is -0.383. The maximum Gasteiger partial charge on any atom is 0.269 e. The first-order valence-electron chi connectivity index (χ1n) is 5.78. The minimum absolute atomic E-state index is 0.134. The fourth-order valence-electron chi connectivity index (χ4n) is 1.69. The van der Waals surface area contributed by atoms with Crippen LogP contribution in [0.3, 0.4) is 0 Å². The topological polar surface area (TPSA) is 55.2 Å². The number of hydrogen-bond acceptors (Lipinski definition) is 3. The molecule has 92 valence electrons. The number of benzene rings is 2. The number of hydrogen-bond donors (Lipinski definition) is 1. The Morgan fingerprint density at radius 1 is 1.00 bits per heavy atom. The van der Waals surface area contributed by atoms with Crippen molar-refractivity contribution >= 4 is 11.4 Å². The van der Waals surface area contributed by atoms with E-state index in [-0.39, 0.29) is 10.6 Å². The van der Waals surface area contributed by atoms with Crippen LogP contribution in [0.2, 0.25) is 0 Å². The van der Waals surface area contributed by atoms with Gasteiger partial charge in [-0.2, -0.15) is 0 Å². The Morgan fingerprint density at radius 3 is 2.28 bits per heavy atom. The fourth-order valence-corrected chi connectivity index (χ4v) is 1.69. The van der Waals surface area contributed by atoms with Crippen LogP contribution >= 0.6 is 0 Å². The monoisotopic (exact) mass is 242 g/mol. The first-order chi connectivity index (χ1) is 8.75. The predicted octanol–water partition coefficient (Wildman–Crippen LogP) is 3.25. The van der Waals surface area contributed by atoms with E-state index in [0.717, 1.165) is 24.2 Å². The molecule has 0 atom stereocenters. The lowest BCUT2D eigenvalue weighted by atomic mass is 10.1. The van der Waals surface area contributed by atoms with Gasteiger partial charge in [0.2, 0.25) is 0 Å². The Kier molecular flexibility index (Phi) is 3.91. The second-order valence-electron chi connectivity index (χ2n) is 3.97. The van der Waals surface area contributed by atoms with Gasteiger partial charge in [0.15, 0.2) is 0 Å². The summed E-state index contributed by atoms with van der Waals surface area (Å²) < 4.78 is 0. The average molecular weight is 242 g/mol. The molecule has 0 aliphatic carbocycles. The Labute approximate surface area is 105 Å². The molecule has 1 N–H and O–H groups in total. The van der Waals surface area contributed by atoms with Crippen LogP contribution in [0.5, 0.6) is 0 Å². The van der Waals surface area contributed by atoms with Crippen molar-refractivity contribution in [3.05, 3.63) is 70.3 Å². The van der Waals surface area contributed by atoms with Crippen molar-refractivity contribution < 1.29 is 4.92 Å². The van der Waals surface area contributed by atoms with Crippen molar-refractivity contribution in [2.24, 2.45) is 0 Å². The highest BCUT2D eigenvalue weighted by Crippen LogP contribution is 2.12. The molecule has 0 heterocycles. The molecule has 0 saturated heterocycles. The SMILES string of the molecule is O=[N+]([O-])c1ccc(CCNc2ccccc2)cc1. The quantitative estimate of drug-likeness (QED) is 0.646. The zero-order valence-corrected chi connectivity index (χ0v) is 9.87. The number of nitro groups is 1. The summed E-state index contributed by atoms with van der Waals surface area (Å²) in [6, 6.07) is 16.6. The van der Waals surface area contributed by atoms with Crippen LogP contribution in [0.1, 0.15) is 5.56 Å². The van der Waals surface area contributed by atoms with E-state index in [0.29, 0.717) is 0 Å². The van der Waals surface area contributed by atoms with Crippen LogP contribution in [0.15, 0.2) is 54.6 Å². The highest BCUT2D eigenvalue weighted by atomic mass is 16.6. The summed E-state index contributed by atoms with van der Waals surface area (Å²) in [7, 11) is 0. The van der Waals surface area contributed by atoms with Gasteiger partial charge in [-0.05, 0) is 24.1 Å². The number of nitrogens with zero attached hydrogens (tertiary/aromatic N) is 1. The average Bonchev–Trinajstić information content (AvgIpc) is 2.40. The molecule has 0 bridgehead atoms. The van der Waals surface area contributed by atoms with Gasteiger partial charge in [-0.3, -0.25) is 10.1 Å². The first-order valence-corrected chi connectivity index (χ1v) is 5.78. The lowest BCUT2D eigenvalue weighted by Gasteiger charge is -2.05. The molecule has 0 aliphatic heterocycles. The van der Waals surface area contributed by atoms with Crippen LogP contribution in [-0.4, -0.2) is 11.5 Å². The molecule has 0 spiro atoms. The summed E-state index contributed by atoms with van der Waals surface area (Å²) >= 11 is 0. The zero-order valence-electron chi connectivity index (χ0n) is 9.87. The van der Waals surface area contributed by atoms with E-state index in [2.05, 4.69) is 5.32 Å². The molecule has 0 unspecified atom stereocenters. The second-order valence-corrected chi connectivity index (χ2v) is 3.97. The van der Waals surface area contributed by atoms with E-state index < -0.39 is 0 Å². The van der Waals surface area contributed by atoms with Crippen molar-refractivity contribution in [1.82, 2.24) is 0 Å². The van der Waals surface area contributed by atoms with Crippen molar-refractivity contribution in [3.8, 4) is 0 Å². The lowest BCUT2D eigenvalue weighted by Crippen LogP contribution is -2.04. The molecule has 2 aromatic rings. The summed E-state index contributed by atoms with van der Waals surface area (Å²) in [6.07, 6.45) is 0.840. The molecule has 0 aliphatic rings. The van der Waals surface area contributed by atoms with Gasteiger partial charge in [-0.25, -0.2) is 0 Å². The van der Waals surface area contributed by atoms with Gasteiger partial charge in [0.05, 0.1) is 4.92 Å². The molecule has 4 nitrogen and oxygen atoms in total. The van der Waals surface area contributed by atoms with Crippen LogP contribution in [0.4, 0.5) is 11.4 Å². The zero-order chi connectivity index (χ0) is 12.8. The molecule has 18 heavy (non-hydrogen) atoms. The number of nitro benzene ring substituents is 1. The molecule has 0 aromatic heterocycles. The number of non-ortho nitro benzene ring substituents is 1. The number of rotatable bonds is 5. The number of nitrogens with one attached hydrogen (secondary N) is 1. The van der Waals surface area contributed by atoms with Crippen LogP contribution in [0.25, 0.3) is 0 Å². The molecule has 0 fully saturated rings. The Morgan fingerprint density at radius 2 is 1.67 bits per heavy atom. The molecule has 2 aromatic carbocycles. The summed E-state index contributed by atoms with van der Waals surface area (Å²) in [5.74, 6) is 0. The third-order valence-corrected chi connectivity index (χ3v) is 2.66. The van der Waals surface area contributed by atoms with Gasteiger partial charge in [0, 0.05) is 24.4 Å². The van der Waals surface area contributed by atoms with Crippen molar-refractivity contribution in [2.75, 3.05) is 11.9 Å². The van der Waals surface area contributed by atoms with Gasteiger partial charge < -0.3 is 5.32 Å². The van der Waals surface area contributed by atoms with Gasteiger partial charge in [-0.15, -0.1) is 0 Å². The van der Waals surface area contributed by atoms with Gasteiger partial charge in [-0.1, -0.05) is 30.3 Å². The molecule has 0 saturated carbocycles. The van der Waals surface area contributed by atoms with Crippen LogP contribution < -0.4 is 5.32 Å². The van der Waals surface area contributed by atoms with Gasteiger partial charge >= 0.3 is 0 Å². The van der Waals surface area contributed by atoms with Crippen LogP contribution in [-0.2, 0) is 6.42 Å². The van der Waals surface area contributed by atoms with Gasteiger partial charge in [0.25, 0.3) is 5.69 Å². The summed E-state index contributed by atoms with van der Waals surface area (Å²) in [4.78, 5) is 10.1. The maximum absolute atomic E-state index is 10.5. The fraction of sp³-hybridized carbons (Fsp3) is 0.143. The smallest absolute Gasteiger partial charge is 0.269 e. The van der Waals surface area contributed by atoms with E-state index in [9.17, 15) is 10.1 Å². The Balaban J connectivity index is 1.85. The summed E-state index contributed by atoms with van der Waals surface area (Å²) in [6.45, 7) is 0.807. The predicted molar refractivity (Wildman–Crippen MR) is 71.7 cm³/mol. The summed E-state index contributed by atoms with van der Waals surface area (Å²) in [5.41, 5.74) is 2.30. The molecular formula is C14H14N2O2. The molecule has 4 heteroatoms. The van der Waals surface area contributed by atoms with E-state index in [1.54, 1.807) is 12.1 Å². The normalized spacial score (nSPS) is 10.0. The summed E-state index contributed by atoms with van der Waals surface area (Å²) in [5, 5.41) is 13.8. The standard InChI is InChI=1S/C14H14N2O2/c17-16(18)14-8-6-12(7-9-14)10-11-15-13-4-2-1-3-5-13/h1-9,15H,10-11H2. The molecule has 0 amide bonds. The highest BCUT2D eigenvalue weighted by Gasteiger charge is 2.03. The van der Waals surface area contributed by atoms with Crippen molar-refractivity contribution in [2.45, 2.75) is 6.42 Å². The first kappa shape index (κ1) is 12.1. The van der Waals surface area contributed by atoms with Crippen molar-refractivity contribution in [1.29, 1.82) is 0 Å². The Hall–Kier alpha value is -2.36. The van der Waals surface area contributed by atoms with E-state index >= 15 is 0 Å². The van der Waals surface area contributed by atoms with E-state index in [4.69, 9.17) is 0 Å². The van der Waals surface area contributed by atoms with Crippen molar-refractivity contribution in [3.63, 3.8) is 0 Å². The van der Waals surface area contributed by atoms with Gasteiger partial charge in [0.1, 0.15) is 0 Å². The second kappa shape index (κ2) is 5.82. The molecule has 2 rings (SSSR count). The molecular weight excluding hydrogens is 228 g/mol. The minimum Gasteiger partial charge on any atom is -0.385 e.